The average molecular weight is 457 g/mol. The van der Waals surface area contributed by atoms with Gasteiger partial charge in [0, 0.05) is 55.2 Å². The van der Waals surface area contributed by atoms with Crippen molar-refractivity contribution in [2.45, 2.75) is 19.4 Å². The molecular weight excluding hydrogens is 435 g/mol. The molecule has 0 bridgehead atoms. The van der Waals surface area contributed by atoms with Crippen LogP contribution in [0.2, 0.25) is 0 Å². The lowest BCUT2D eigenvalue weighted by atomic mass is 9.99. The highest BCUT2D eigenvalue weighted by Gasteiger charge is 2.34. The van der Waals surface area contributed by atoms with Crippen LogP contribution in [0, 0.1) is 11.9 Å². The summed E-state index contributed by atoms with van der Waals surface area (Å²) in [6, 6.07) is 4.52. The predicted molar refractivity (Wildman–Crippen MR) is 114 cm³/mol. The van der Waals surface area contributed by atoms with Gasteiger partial charge in [-0.05, 0) is 13.0 Å². The normalized spacial score (nSPS) is 19.8. The molecule has 166 valence electrons. The van der Waals surface area contributed by atoms with Gasteiger partial charge in [-0.15, -0.1) is 0 Å². The van der Waals surface area contributed by atoms with Crippen LogP contribution < -0.4 is 9.64 Å². The Bertz CT molecular complexity index is 1250. The molecule has 0 amide bonds. The van der Waals surface area contributed by atoms with E-state index in [1.165, 1.54) is 6.07 Å². The number of halogens is 1. The summed E-state index contributed by atoms with van der Waals surface area (Å²) in [6.45, 7) is 2.82. The van der Waals surface area contributed by atoms with E-state index >= 15 is 0 Å². The molecule has 1 unspecified atom stereocenters. The Morgan fingerprint density at radius 1 is 1.12 bits per heavy atom. The minimum Gasteiger partial charge on any atom is -0.493 e. The van der Waals surface area contributed by atoms with Crippen LogP contribution in [0.15, 0.2) is 36.8 Å². The summed E-state index contributed by atoms with van der Waals surface area (Å²) in [5, 5.41) is 0. The molecule has 0 aromatic carbocycles. The lowest BCUT2D eigenvalue weighted by Gasteiger charge is -2.35. The minimum atomic E-state index is -2.92. The molecule has 32 heavy (non-hydrogen) atoms. The van der Waals surface area contributed by atoms with E-state index in [1.807, 2.05) is 11.8 Å². The van der Waals surface area contributed by atoms with E-state index in [0.717, 1.165) is 11.3 Å². The van der Waals surface area contributed by atoms with E-state index in [0.29, 0.717) is 36.2 Å². The Labute approximate surface area is 184 Å². The summed E-state index contributed by atoms with van der Waals surface area (Å²) in [5.41, 5.74) is 1.84. The first kappa shape index (κ1) is 20.7. The van der Waals surface area contributed by atoms with Crippen LogP contribution in [-0.4, -0.2) is 58.0 Å². The van der Waals surface area contributed by atoms with E-state index < -0.39 is 15.8 Å². The van der Waals surface area contributed by atoms with Gasteiger partial charge in [0.1, 0.15) is 11.6 Å². The third-order valence-electron chi connectivity index (χ3n) is 5.69. The highest BCUT2D eigenvalue weighted by molar-refractivity contribution is 7.92. The van der Waals surface area contributed by atoms with Crippen molar-refractivity contribution in [2.75, 3.05) is 29.6 Å². The van der Waals surface area contributed by atoms with Crippen molar-refractivity contribution in [1.82, 2.24) is 24.9 Å². The van der Waals surface area contributed by atoms with Crippen LogP contribution in [0.5, 0.6) is 5.75 Å². The fourth-order valence-corrected chi connectivity index (χ4v) is 5.60. The number of nitrogens with zero attached hydrogens (tertiary/aromatic N) is 6. The number of sulfone groups is 1. The monoisotopic (exact) mass is 456 g/mol. The van der Waals surface area contributed by atoms with Crippen molar-refractivity contribution in [1.29, 1.82) is 0 Å². The first-order chi connectivity index (χ1) is 15.4. The zero-order chi connectivity index (χ0) is 22.3. The molecule has 0 radical (unpaired) electrons. The highest BCUT2D eigenvalue weighted by Crippen LogP contribution is 2.34. The van der Waals surface area contributed by atoms with E-state index in [4.69, 9.17) is 4.74 Å². The molecule has 11 heteroatoms. The van der Waals surface area contributed by atoms with E-state index in [9.17, 15) is 12.8 Å². The van der Waals surface area contributed by atoms with Gasteiger partial charge in [0.05, 0.1) is 29.8 Å². The third-order valence-corrected chi connectivity index (χ3v) is 7.64. The van der Waals surface area contributed by atoms with Gasteiger partial charge in [0.2, 0.25) is 5.95 Å². The summed E-state index contributed by atoms with van der Waals surface area (Å²) in [4.78, 5) is 23.5. The Balaban J connectivity index is 1.34. The first-order valence-corrected chi connectivity index (χ1v) is 12.1. The molecule has 0 N–H and O–H groups in total. The molecule has 5 heterocycles. The molecule has 9 nitrogen and oxygen atoms in total. The summed E-state index contributed by atoms with van der Waals surface area (Å²) in [7, 11) is -2.92. The summed E-state index contributed by atoms with van der Waals surface area (Å²) >= 11 is 0. The van der Waals surface area contributed by atoms with E-state index in [-0.39, 0.29) is 30.1 Å². The van der Waals surface area contributed by atoms with Crippen LogP contribution in [0.25, 0.3) is 11.6 Å². The van der Waals surface area contributed by atoms with Gasteiger partial charge in [-0.25, -0.2) is 33.3 Å². The lowest BCUT2D eigenvalue weighted by Crippen LogP contribution is -2.40. The van der Waals surface area contributed by atoms with Gasteiger partial charge in [0.15, 0.2) is 21.5 Å². The Morgan fingerprint density at radius 3 is 2.66 bits per heavy atom. The number of aromatic nitrogens is 5. The topological polar surface area (TPSA) is 111 Å². The van der Waals surface area contributed by atoms with Crippen molar-refractivity contribution in [3.05, 3.63) is 54.0 Å². The smallest absolute Gasteiger partial charge is 0.218 e. The Kier molecular flexibility index (Phi) is 5.20. The average Bonchev–Trinajstić information content (AvgIpc) is 2.76. The number of hydrogen-bond acceptors (Lipinski definition) is 9. The number of hydrogen-bond donors (Lipinski definition) is 0. The molecule has 3 aromatic heterocycles. The number of pyridine rings is 1. The number of rotatable bonds is 5. The van der Waals surface area contributed by atoms with Gasteiger partial charge in [-0.1, -0.05) is 0 Å². The van der Waals surface area contributed by atoms with Crippen LogP contribution in [0.3, 0.4) is 0 Å². The zero-order valence-corrected chi connectivity index (χ0v) is 18.2. The predicted octanol–water partition coefficient (Wildman–Crippen LogP) is 2.01. The van der Waals surface area contributed by atoms with Crippen LogP contribution in [-0.2, 0) is 16.3 Å². The molecule has 5 rings (SSSR count). The largest absolute Gasteiger partial charge is 0.493 e. The number of fused-ring (bicyclic) bond motifs is 1. The van der Waals surface area contributed by atoms with Gasteiger partial charge in [-0.3, -0.25) is 0 Å². The third kappa shape index (κ3) is 4.12. The highest BCUT2D eigenvalue weighted by atomic mass is 32.2. The van der Waals surface area contributed by atoms with Crippen LogP contribution >= 0.6 is 0 Å². The second kappa shape index (κ2) is 8.05. The summed E-state index contributed by atoms with van der Waals surface area (Å²) < 4.78 is 42.5. The standard InChI is InChI=1S/C21H21FN6O3S/c1-13-16-9-25-21(20-23-4-2-5-24-20)26-17(16)3-6-28(13)19-8-15(7-18(22)27-19)31-10-14-11-32(29,30)12-14/h2,4-5,7-9,13-14H,3,6,10-12H2,1H3. The molecular formula is C21H21FN6O3S. The fraction of sp³-hybridized carbons (Fsp3) is 0.381. The van der Waals surface area contributed by atoms with Crippen molar-refractivity contribution in [3.63, 3.8) is 0 Å². The maximum absolute atomic E-state index is 14.2. The molecule has 2 aliphatic rings. The van der Waals surface area contributed by atoms with Gasteiger partial charge in [-0.2, -0.15) is 4.39 Å². The quantitative estimate of drug-likeness (QED) is 0.532. The summed E-state index contributed by atoms with van der Waals surface area (Å²) in [6.07, 6.45) is 5.69. The van der Waals surface area contributed by atoms with Gasteiger partial charge >= 0.3 is 0 Å². The van der Waals surface area contributed by atoms with Crippen molar-refractivity contribution >= 4 is 15.7 Å². The second-order valence-corrected chi connectivity index (χ2v) is 10.2. The zero-order valence-electron chi connectivity index (χ0n) is 17.3. The van der Waals surface area contributed by atoms with Gasteiger partial charge in [0.25, 0.3) is 0 Å². The van der Waals surface area contributed by atoms with E-state index in [2.05, 4.69) is 24.9 Å². The summed E-state index contributed by atoms with van der Waals surface area (Å²) in [5.74, 6) is 1.26. The van der Waals surface area contributed by atoms with Gasteiger partial charge < -0.3 is 9.64 Å². The second-order valence-electron chi connectivity index (χ2n) is 8.03. The van der Waals surface area contributed by atoms with Crippen LogP contribution in [0.4, 0.5) is 10.2 Å². The fourth-order valence-electron chi connectivity index (χ4n) is 4.07. The molecule has 2 aliphatic heterocycles. The first-order valence-electron chi connectivity index (χ1n) is 10.3. The SMILES string of the molecule is CC1c2cnc(-c3ncccn3)nc2CCN1c1cc(OCC2CS(=O)(=O)C2)cc(F)n1. The van der Waals surface area contributed by atoms with Crippen molar-refractivity contribution in [2.24, 2.45) is 5.92 Å². The maximum atomic E-state index is 14.2. The van der Waals surface area contributed by atoms with E-state index in [1.54, 1.807) is 30.7 Å². The van der Waals surface area contributed by atoms with Crippen molar-refractivity contribution in [3.8, 4) is 17.4 Å². The number of ether oxygens (including phenoxy) is 1. The minimum absolute atomic E-state index is 0.0552. The Hall–Kier alpha value is -3.21. The Morgan fingerprint density at radius 2 is 1.91 bits per heavy atom. The maximum Gasteiger partial charge on any atom is 0.218 e. The molecule has 1 atom stereocenters. The molecule has 1 fully saturated rings. The molecule has 0 aliphatic carbocycles. The molecule has 0 spiro atoms. The molecule has 0 saturated carbocycles. The van der Waals surface area contributed by atoms with Crippen LogP contribution in [0.1, 0.15) is 24.2 Å². The number of anilines is 1. The molecule has 3 aromatic rings. The molecule has 1 saturated heterocycles. The van der Waals surface area contributed by atoms with Crippen molar-refractivity contribution < 1.29 is 17.5 Å². The lowest BCUT2D eigenvalue weighted by molar-refractivity contribution is 0.262.